The summed E-state index contributed by atoms with van der Waals surface area (Å²) in [6.07, 6.45) is 0. The first-order valence-electron chi connectivity index (χ1n) is 9.27. The van der Waals surface area contributed by atoms with Crippen LogP contribution in [-0.2, 0) is 16.6 Å². The summed E-state index contributed by atoms with van der Waals surface area (Å²) in [6.45, 7) is 4.68. The van der Waals surface area contributed by atoms with Gasteiger partial charge >= 0.3 is 5.69 Å². The number of benzene rings is 2. The molecule has 3 rings (SSSR count). The zero-order valence-corrected chi connectivity index (χ0v) is 18.0. The van der Waals surface area contributed by atoms with Gasteiger partial charge in [-0.2, -0.15) is 4.31 Å². The molecule has 9 nitrogen and oxygen atoms in total. The fourth-order valence-corrected chi connectivity index (χ4v) is 4.81. The average Bonchev–Trinajstić information content (AvgIpc) is 2.72. The van der Waals surface area contributed by atoms with E-state index in [-0.39, 0.29) is 30.3 Å². The molecule has 0 bridgehead atoms. The molecule has 0 N–H and O–H groups in total. The maximum atomic E-state index is 12.7. The van der Waals surface area contributed by atoms with Crippen LogP contribution in [0.15, 0.2) is 35.2 Å². The maximum Gasteiger partial charge on any atom is 0.312 e. The van der Waals surface area contributed by atoms with Gasteiger partial charge in [-0.3, -0.25) is 10.1 Å². The Labute approximate surface area is 179 Å². The van der Waals surface area contributed by atoms with Crippen LogP contribution in [0.4, 0.5) is 5.69 Å². The van der Waals surface area contributed by atoms with Gasteiger partial charge in [-0.25, -0.2) is 8.42 Å². The predicted octanol–water partition coefficient (Wildman–Crippen LogP) is 3.63. The van der Waals surface area contributed by atoms with Crippen molar-refractivity contribution >= 4 is 27.3 Å². The molecule has 0 saturated carbocycles. The number of nitrogens with zero attached hydrogens (tertiary/aromatic N) is 2. The Morgan fingerprint density at radius 2 is 1.87 bits per heavy atom. The van der Waals surface area contributed by atoms with E-state index < -0.39 is 20.6 Å². The third-order valence-electron chi connectivity index (χ3n) is 4.52. The molecule has 0 aliphatic carbocycles. The fourth-order valence-electron chi connectivity index (χ4n) is 3.04. The molecule has 11 heteroatoms. The van der Waals surface area contributed by atoms with Crippen molar-refractivity contribution in [2.45, 2.75) is 25.3 Å². The molecule has 1 aliphatic heterocycles. The first kappa shape index (κ1) is 22.1. The highest BCUT2D eigenvalue weighted by Gasteiger charge is 2.26. The van der Waals surface area contributed by atoms with Crippen LogP contribution in [0, 0.1) is 10.1 Å². The molecule has 2 aromatic carbocycles. The van der Waals surface area contributed by atoms with E-state index in [9.17, 15) is 18.5 Å². The smallest absolute Gasteiger partial charge is 0.312 e. The van der Waals surface area contributed by atoms with Gasteiger partial charge in [0, 0.05) is 19.2 Å². The number of sulfonamides is 1. The van der Waals surface area contributed by atoms with Crippen LogP contribution in [0.1, 0.15) is 19.4 Å². The molecule has 0 fully saturated rings. The third kappa shape index (κ3) is 4.45. The molecule has 30 heavy (non-hydrogen) atoms. The molecule has 1 heterocycles. The van der Waals surface area contributed by atoms with Crippen molar-refractivity contribution in [2.24, 2.45) is 0 Å². The summed E-state index contributed by atoms with van der Waals surface area (Å²) < 4.78 is 43.1. The summed E-state index contributed by atoms with van der Waals surface area (Å²) in [4.78, 5) is 10.7. The predicted molar refractivity (Wildman–Crippen MR) is 110 cm³/mol. The van der Waals surface area contributed by atoms with E-state index >= 15 is 0 Å². The molecule has 0 unspecified atom stereocenters. The van der Waals surface area contributed by atoms with Gasteiger partial charge in [0.15, 0.2) is 17.2 Å². The number of halogens is 1. The lowest BCUT2D eigenvalue weighted by molar-refractivity contribution is -0.386. The van der Waals surface area contributed by atoms with E-state index in [0.717, 1.165) is 6.07 Å². The molecule has 1 aliphatic rings. The first-order chi connectivity index (χ1) is 14.3. The van der Waals surface area contributed by atoms with Crippen molar-refractivity contribution in [1.82, 2.24) is 4.31 Å². The van der Waals surface area contributed by atoms with Crippen molar-refractivity contribution in [3.05, 3.63) is 51.0 Å². The Balaban J connectivity index is 1.87. The molecule has 0 atom stereocenters. The van der Waals surface area contributed by atoms with Gasteiger partial charge in [0.25, 0.3) is 0 Å². The van der Waals surface area contributed by atoms with Crippen molar-refractivity contribution in [1.29, 1.82) is 0 Å². The van der Waals surface area contributed by atoms with Crippen molar-refractivity contribution in [2.75, 3.05) is 26.3 Å². The minimum atomic E-state index is -3.83. The number of ether oxygens (including phenoxy) is 3. The number of rotatable bonds is 8. The largest absolute Gasteiger partial charge is 0.486 e. The summed E-state index contributed by atoms with van der Waals surface area (Å²) >= 11 is 6.20. The number of hydrogen-bond donors (Lipinski definition) is 0. The number of hydrogen-bond acceptors (Lipinski definition) is 7. The van der Waals surface area contributed by atoms with Gasteiger partial charge in [0.1, 0.15) is 19.8 Å². The number of nitro benzene ring substituents is 1. The summed E-state index contributed by atoms with van der Waals surface area (Å²) in [7, 11) is -3.83. The maximum absolute atomic E-state index is 12.7. The second-order valence-corrected chi connectivity index (χ2v) is 8.71. The van der Waals surface area contributed by atoms with E-state index in [1.165, 1.54) is 16.4 Å². The fraction of sp³-hybridized carbons (Fsp3) is 0.368. The van der Waals surface area contributed by atoms with Crippen LogP contribution in [0.2, 0.25) is 5.02 Å². The Morgan fingerprint density at radius 1 is 1.17 bits per heavy atom. The third-order valence-corrected chi connectivity index (χ3v) is 6.85. The van der Waals surface area contributed by atoms with E-state index in [4.69, 9.17) is 25.8 Å². The second-order valence-electron chi connectivity index (χ2n) is 6.37. The Hall–Kier alpha value is -2.56. The number of nitro groups is 1. The van der Waals surface area contributed by atoms with Crippen molar-refractivity contribution in [3.8, 4) is 17.2 Å². The molecule has 0 amide bonds. The quantitative estimate of drug-likeness (QED) is 0.440. The molecule has 0 spiro atoms. The van der Waals surface area contributed by atoms with Gasteiger partial charge in [-0.15, -0.1) is 0 Å². The zero-order chi connectivity index (χ0) is 21.9. The molecular formula is C19H21ClN2O7S. The molecule has 162 valence electrons. The second kappa shape index (κ2) is 9.07. The SMILES string of the molecule is CCN(CC)S(=O)(=O)c1ccc(OCc2cc(Cl)c3c(c2)OCCO3)c([N+](=O)[O-])c1. The van der Waals surface area contributed by atoms with E-state index in [2.05, 4.69) is 0 Å². The highest BCUT2D eigenvalue weighted by atomic mass is 35.5. The standard InChI is InChI=1S/C19H21ClN2O7S/c1-3-21(4-2)30(25,26)14-5-6-17(16(11-14)22(23)24)29-12-13-9-15(20)19-18(10-13)27-7-8-28-19/h5-6,9-11H,3-4,7-8,12H2,1-2H3. The Kier molecular flexibility index (Phi) is 6.69. The molecule has 2 aromatic rings. The van der Waals surface area contributed by atoms with Crippen molar-refractivity contribution < 1.29 is 27.6 Å². The Morgan fingerprint density at radius 3 is 2.53 bits per heavy atom. The molecule has 0 aromatic heterocycles. The van der Waals surface area contributed by atoms with Gasteiger partial charge < -0.3 is 14.2 Å². The van der Waals surface area contributed by atoms with Crippen molar-refractivity contribution in [3.63, 3.8) is 0 Å². The summed E-state index contributed by atoms with van der Waals surface area (Å²) in [5.41, 5.74) is 0.185. The minimum Gasteiger partial charge on any atom is -0.486 e. The van der Waals surface area contributed by atoms with Gasteiger partial charge in [-0.1, -0.05) is 25.4 Å². The van der Waals surface area contributed by atoms with Crippen LogP contribution in [0.5, 0.6) is 17.2 Å². The van der Waals surface area contributed by atoms with Crippen LogP contribution in [-0.4, -0.2) is 43.9 Å². The van der Waals surface area contributed by atoms with Crippen LogP contribution in [0.25, 0.3) is 0 Å². The summed E-state index contributed by atoms with van der Waals surface area (Å²) in [5.74, 6) is 0.871. The van der Waals surface area contributed by atoms with Crippen LogP contribution < -0.4 is 14.2 Å². The lowest BCUT2D eigenvalue weighted by atomic mass is 10.2. The van der Waals surface area contributed by atoms with Crippen LogP contribution >= 0.6 is 11.6 Å². The summed E-state index contributed by atoms with van der Waals surface area (Å²) in [5, 5.41) is 11.9. The van der Waals surface area contributed by atoms with E-state index in [1.807, 2.05) is 0 Å². The van der Waals surface area contributed by atoms with Gasteiger partial charge in [0.05, 0.1) is 14.8 Å². The highest BCUT2D eigenvalue weighted by molar-refractivity contribution is 7.89. The van der Waals surface area contributed by atoms with Crippen LogP contribution in [0.3, 0.4) is 0 Å². The van der Waals surface area contributed by atoms with E-state index in [1.54, 1.807) is 26.0 Å². The minimum absolute atomic E-state index is 0.0284. The monoisotopic (exact) mass is 456 g/mol. The number of fused-ring (bicyclic) bond motifs is 1. The molecule has 0 radical (unpaired) electrons. The molecular weight excluding hydrogens is 436 g/mol. The summed E-state index contributed by atoms with van der Waals surface area (Å²) in [6, 6.07) is 6.91. The lowest BCUT2D eigenvalue weighted by Gasteiger charge is -2.20. The Bertz CT molecular complexity index is 1060. The lowest BCUT2D eigenvalue weighted by Crippen LogP contribution is -2.30. The highest BCUT2D eigenvalue weighted by Crippen LogP contribution is 2.39. The average molecular weight is 457 g/mol. The zero-order valence-electron chi connectivity index (χ0n) is 16.5. The normalized spacial score (nSPS) is 13.3. The topological polar surface area (TPSA) is 108 Å². The van der Waals surface area contributed by atoms with Gasteiger partial charge in [0.2, 0.25) is 10.0 Å². The molecule has 0 saturated heterocycles. The first-order valence-corrected chi connectivity index (χ1v) is 11.1. The van der Waals surface area contributed by atoms with Gasteiger partial charge in [-0.05, 0) is 29.8 Å². The van der Waals surface area contributed by atoms with E-state index in [0.29, 0.717) is 35.3 Å².